The van der Waals surface area contributed by atoms with E-state index in [9.17, 15) is 20.1 Å². The summed E-state index contributed by atoms with van der Waals surface area (Å²) in [5.41, 5.74) is 0. The van der Waals surface area contributed by atoms with Gasteiger partial charge in [0.1, 0.15) is 0 Å². The lowest BCUT2D eigenvalue weighted by molar-refractivity contribution is -0.125. The zero-order valence-corrected chi connectivity index (χ0v) is 39.0. The summed E-state index contributed by atoms with van der Waals surface area (Å²) in [4.78, 5) is 12.5. The number of nitrogens with one attached hydrogen (secondary N) is 1. The van der Waals surface area contributed by atoms with Crippen molar-refractivity contribution < 1.29 is 20.1 Å². The summed E-state index contributed by atoms with van der Waals surface area (Å²) in [7, 11) is 0. The number of amides is 1. The third-order valence-corrected chi connectivity index (χ3v) is 12.7. The van der Waals surface area contributed by atoms with Gasteiger partial charge in [-0.3, -0.25) is 4.79 Å². The van der Waals surface area contributed by atoms with Gasteiger partial charge in [-0.05, 0) is 12.8 Å². The summed E-state index contributed by atoms with van der Waals surface area (Å²) in [6.45, 7) is 4.30. The molecule has 0 heterocycles. The van der Waals surface area contributed by atoms with E-state index in [0.717, 1.165) is 25.7 Å². The largest absolute Gasteiger partial charge is 0.394 e. The third kappa shape index (κ3) is 44.7. The number of aliphatic hydroxyl groups excluding tert-OH is 3. The molecule has 0 aromatic rings. The molecule has 0 bridgehead atoms. The summed E-state index contributed by atoms with van der Waals surface area (Å²) in [6, 6.07) is -0.653. The van der Waals surface area contributed by atoms with Crippen LogP contribution in [0.25, 0.3) is 0 Å². The first-order valence-corrected chi connectivity index (χ1v) is 26.3. The van der Waals surface area contributed by atoms with Crippen molar-refractivity contribution >= 4 is 5.91 Å². The van der Waals surface area contributed by atoms with Gasteiger partial charge in [-0.15, -0.1) is 0 Å². The van der Waals surface area contributed by atoms with Crippen LogP contribution in [0.4, 0.5) is 0 Å². The van der Waals surface area contributed by atoms with Gasteiger partial charge in [0.05, 0.1) is 31.3 Å². The summed E-state index contributed by atoms with van der Waals surface area (Å²) in [6.07, 6.45) is 56.7. The summed E-state index contributed by atoms with van der Waals surface area (Å²) >= 11 is 0. The summed E-state index contributed by atoms with van der Waals surface area (Å²) in [5, 5.41) is 33.5. The molecule has 0 spiro atoms. The Morgan fingerprint density at radius 3 is 0.842 bits per heavy atom. The molecule has 3 atom stereocenters. The molecule has 0 aromatic heterocycles. The predicted octanol–water partition coefficient (Wildman–Crippen LogP) is 15.8. The van der Waals surface area contributed by atoms with E-state index in [1.807, 2.05) is 0 Å². The smallest absolute Gasteiger partial charge is 0.222 e. The van der Waals surface area contributed by atoms with Crippen molar-refractivity contribution in [3.63, 3.8) is 0 Å². The van der Waals surface area contributed by atoms with E-state index in [2.05, 4.69) is 19.2 Å². The molecule has 0 saturated heterocycles. The van der Waals surface area contributed by atoms with Crippen LogP contribution in [0.2, 0.25) is 0 Å². The highest BCUT2D eigenvalue weighted by molar-refractivity contribution is 5.76. The first kappa shape index (κ1) is 56.4. The van der Waals surface area contributed by atoms with Crippen LogP contribution in [0.1, 0.15) is 303 Å². The fraction of sp³-hybridized carbons (Fsp3) is 0.981. The lowest BCUT2D eigenvalue weighted by atomic mass is 10.0. The van der Waals surface area contributed by atoms with Crippen molar-refractivity contribution in [3.8, 4) is 0 Å². The lowest BCUT2D eigenvalue weighted by Crippen LogP contribution is -2.46. The van der Waals surface area contributed by atoms with E-state index in [0.29, 0.717) is 12.8 Å². The minimum Gasteiger partial charge on any atom is -0.394 e. The number of rotatable bonds is 49. The Hall–Kier alpha value is -0.650. The Bertz CT molecular complexity index is 762. The van der Waals surface area contributed by atoms with Crippen molar-refractivity contribution in [1.29, 1.82) is 0 Å². The van der Waals surface area contributed by atoms with Gasteiger partial charge in [-0.25, -0.2) is 0 Å². The van der Waals surface area contributed by atoms with Crippen LogP contribution in [0.15, 0.2) is 0 Å². The molecule has 0 rings (SSSR count). The van der Waals surface area contributed by atoms with Crippen LogP contribution in [-0.4, -0.2) is 46.1 Å². The van der Waals surface area contributed by atoms with Crippen LogP contribution < -0.4 is 5.32 Å². The van der Waals surface area contributed by atoms with Gasteiger partial charge in [0.15, 0.2) is 0 Å². The zero-order chi connectivity index (χ0) is 41.5. The van der Waals surface area contributed by atoms with Gasteiger partial charge >= 0.3 is 0 Å². The van der Waals surface area contributed by atoms with Gasteiger partial charge in [-0.2, -0.15) is 0 Å². The van der Waals surface area contributed by atoms with Crippen LogP contribution >= 0.6 is 0 Å². The Morgan fingerprint density at radius 2 is 0.596 bits per heavy atom. The van der Waals surface area contributed by atoms with Crippen molar-refractivity contribution in [2.75, 3.05) is 6.61 Å². The van der Waals surface area contributed by atoms with E-state index in [1.54, 1.807) is 0 Å². The lowest BCUT2D eigenvalue weighted by Gasteiger charge is -2.23. The molecule has 0 aliphatic heterocycles. The molecule has 342 valence electrons. The van der Waals surface area contributed by atoms with Crippen LogP contribution in [-0.2, 0) is 4.79 Å². The Labute approximate surface area is 357 Å². The van der Waals surface area contributed by atoms with Crippen molar-refractivity contribution in [3.05, 3.63) is 0 Å². The number of carbonyl (C=O) groups excluding carboxylic acids is 1. The standard InChI is InChI=1S/C52H105NO4/c1-3-5-7-9-11-13-15-17-19-21-22-23-24-25-26-27-28-29-30-31-33-35-37-39-41-43-45-49(55)47-52(57)53-50(48-54)51(56)46-44-42-40-38-36-34-32-20-18-16-14-12-10-8-6-4-2/h49-51,54-56H,3-48H2,1-2H3,(H,53,57). The predicted molar refractivity (Wildman–Crippen MR) is 250 cm³/mol. The van der Waals surface area contributed by atoms with Gasteiger partial charge in [0.25, 0.3) is 0 Å². The van der Waals surface area contributed by atoms with Crippen LogP contribution in [0, 0.1) is 0 Å². The summed E-state index contributed by atoms with van der Waals surface area (Å²) in [5.74, 6) is -0.276. The molecule has 3 unspecified atom stereocenters. The quantitative estimate of drug-likeness (QED) is 0.0461. The topological polar surface area (TPSA) is 89.8 Å². The van der Waals surface area contributed by atoms with E-state index >= 15 is 0 Å². The molecule has 0 fully saturated rings. The highest BCUT2D eigenvalue weighted by atomic mass is 16.3. The maximum absolute atomic E-state index is 12.5. The first-order valence-electron chi connectivity index (χ1n) is 26.3. The normalized spacial score (nSPS) is 13.3. The van der Waals surface area contributed by atoms with Gasteiger partial charge in [0.2, 0.25) is 5.91 Å². The monoisotopic (exact) mass is 808 g/mol. The second kappa shape index (κ2) is 48.0. The SMILES string of the molecule is CCCCCCCCCCCCCCCCCCCCCCCCCCCCC(O)CC(=O)NC(CO)C(O)CCCCCCCCCCCCCCCCCC. The number of unbranched alkanes of at least 4 members (excludes halogenated alkanes) is 40. The minimum atomic E-state index is -0.744. The van der Waals surface area contributed by atoms with Gasteiger partial charge < -0.3 is 20.6 Å². The maximum atomic E-state index is 12.5. The van der Waals surface area contributed by atoms with Crippen LogP contribution in [0.3, 0.4) is 0 Å². The molecule has 0 aromatic carbocycles. The molecule has 1 amide bonds. The van der Waals surface area contributed by atoms with Crippen LogP contribution in [0.5, 0.6) is 0 Å². The summed E-state index contributed by atoms with van der Waals surface area (Å²) < 4.78 is 0. The zero-order valence-electron chi connectivity index (χ0n) is 39.0. The highest BCUT2D eigenvalue weighted by Crippen LogP contribution is 2.18. The van der Waals surface area contributed by atoms with E-state index in [-0.39, 0.29) is 18.9 Å². The Kier molecular flexibility index (Phi) is 47.5. The molecular formula is C52H105NO4. The first-order chi connectivity index (χ1) is 28.0. The Morgan fingerprint density at radius 1 is 0.368 bits per heavy atom. The molecule has 0 aliphatic rings. The molecule has 0 aliphatic carbocycles. The highest BCUT2D eigenvalue weighted by Gasteiger charge is 2.21. The number of hydrogen-bond acceptors (Lipinski definition) is 4. The van der Waals surface area contributed by atoms with E-state index < -0.39 is 18.2 Å². The Balaban J connectivity index is 3.49. The molecule has 5 nitrogen and oxygen atoms in total. The molecule has 5 heteroatoms. The second-order valence-electron chi connectivity index (χ2n) is 18.5. The minimum absolute atomic E-state index is 0.0434. The van der Waals surface area contributed by atoms with Gasteiger partial charge in [0, 0.05) is 0 Å². The van der Waals surface area contributed by atoms with E-state index in [1.165, 1.54) is 244 Å². The van der Waals surface area contributed by atoms with Crippen molar-refractivity contribution in [2.45, 2.75) is 321 Å². The molecule has 57 heavy (non-hydrogen) atoms. The number of hydrogen-bond donors (Lipinski definition) is 4. The van der Waals surface area contributed by atoms with E-state index in [4.69, 9.17) is 0 Å². The second-order valence-corrected chi connectivity index (χ2v) is 18.5. The van der Waals surface area contributed by atoms with Crippen molar-refractivity contribution in [2.24, 2.45) is 0 Å². The number of aliphatic hydroxyl groups is 3. The molecule has 0 radical (unpaired) electrons. The maximum Gasteiger partial charge on any atom is 0.222 e. The van der Waals surface area contributed by atoms with Crippen molar-refractivity contribution in [1.82, 2.24) is 5.32 Å². The third-order valence-electron chi connectivity index (χ3n) is 12.7. The average Bonchev–Trinajstić information content (AvgIpc) is 3.20. The molecule has 4 N–H and O–H groups in total. The molecule has 0 saturated carbocycles. The average molecular weight is 808 g/mol. The fourth-order valence-corrected chi connectivity index (χ4v) is 8.64. The number of carbonyl (C=O) groups is 1. The molecular weight excluding hydrogens is 703 g/mol. The van der Waals surface area contributed by atoms with Gasteiger partial charge in [-0.1, -0.05) is 284 Å². The fourth-order valence-electron chi connectivity index (χ4n) is 8.64.